The van der Waals surface area contributed by atoms with E-state index in [0.717, 1.165) is 25.7 Å². The van der Waals surface area contributed by atoms with E-state index in [1.54, 1.807) is 38.1 Å². The molecule has 0 fully saturated rings. The Kier molecular flexibility index (Phi) is 17.5. The Labute approximate surface area is 285 Å². The van der Waals surface area contributed by atoms with Gasteiger partial charge in [0.05, 0.1) is 11.4 Å². The summed E-state index contributed by atoms with van der Waals surface area (Å²) in [5.74, 6) is -1.04. The molecule has 2 N–H and O–H groups in total. The lowest BCUT2D eigenvalue weighted by Gasteiger charge is -2.31. The summed E-state index contributed by atoms with van der Waals surface area (Å²) in [6.45, 7) is 5.63. The number of anilines is 2. The summed E-state index contributed by atoms with van der Waals surface area (Å²) >= 11 is 0. The predicted octanol–water partition coefficient (Wildman–Crippen LogP) is 7.27. The van der Waals surface area contributed by atoms with Crippen LogP contribution in [0, 0.1) is 19.3 Å². The van der Waals surface area contributed by atoms with Gasteiger partial charge in [-0.3, -0.25) is 20.2 Å². The molecule has 49 heavy (non-hydrogen) atoms. The number of esters is 2. The highest BCUT2D eigenvalue weighted by molar-refractivity contribution is 5.87. The molecule has 0 aliphatic heterocycles. The van der Waals surface area contributed by atoms with Gasteiger partial charge in [-0.05, 0) is 62.1 Å². The molecule has 0 atom stereocenters. The van der Waals surface area contributed by atoms with Gasteiger partial charge in [0, 0.05) is 24.2 Å². The number of aliphatic imine (C=N–C) groups is 2. The molecule has 0 aromatic heterocycles. The van der Waals surface area contributed by atoms with E-state index in [-0.39, 0.29) is 24.2 Å². The van der Waals surface area contributed by atoms with E-state index in [2.05, 4.69) is 20.6 Å². The van der Waals surface area contributed by atoms with Gasteiger partial charge in [-0.1, -0.05) is 51.7 Å². The van der Waals surface area contributed by atoms with Crippen molar-refractivity contribution in [1.29, 1.82) is 0 Å². The maximum Gasteiger partial charge on any atom is 0.411 e. The zero-order chi connectivity index (χ0) is 36.1. The summed E-state index contributed by atoms with van der Waals surface area (Å²) in [5.41, 5.74) is 0.952. The number of hydrogen-bond donors (Lipinski definition) is 2. The molecule has 0 radical (unpaired) electrons. The van der Waals surface area contributed by atoms with Crippen LogP contribution in [0.1, 0.15) is 76.3 Å². The van der Waals surface area contributed by atoms with E-state index in [9.17, 15) is 28.8 Å². The third kappa shape index (κ3) is 15.0. The highest BCUT2D eigenvalue weighted by Gasteiger charge is 2.38. The second-order valence-corrected chi connectivity index (χ2v) is 11.5. The Hall–Kier alpha value is -5.32. The number of aryl methyl sites for hydroxylation is 2. The van der Waals surface area contributed by atoms with Crippen LogP contribution >= 0.6 is 0 Å². The van der Waals surface area contributed by atoms with Gasteiger partial charge < -0.3 is 18.9 Å². The molecule has 0 aliphatic carbocycles. The van der Waals surface area contributed by atoms with Gasteiger partial charge in [0.1, 0.15) is 31.8 Å². The van der Waals surface area contributed by atoms with Gasteiger partial charge in [0.2, 0.25) is 12.2 Å². The summed E-state index contributed by atoms with van der Waals surface area (Å²) < 4.78 is 22.2. The standard InChI is InChI=1S/C35H44N4O10/c1-5-7-9-11-31(42)46-19-35(20-47-32(43)12-10-8-6-2,21-48-33(44)38-28-16-14-25(3)29(18-28)37-24-41)22-49-34(45)39-30-17-27(36-23-40)15-13-26(30)4/h13-18H,5-12,19-22H2,1-4H3,(H,38,44)(H,39,45). The number of nitrogens with one attached hydrogen (secondary N) is 2. The van der Waals surface area contributed by atoms with Crippen LogP contribution in [-0.2, 0) is 38.1 Å². The lowest BCUT2D eigenvalue weighted by Crippen LogP contribution is -2.44. The Morgan fingerprint density at radius 3 is 1.76 bits per heavy atom. The third-order valence-corrected chi connectivity index (χ3v) is 7.32. The van der Waals surface area contributed by atoms with E-state index in [1.807, 2.05) is 13.8 Å². The summed E-state index contributed by atoms with van der Waals surface area (Å²) in [6, 6.07) is 9.34. The molecular formula is C35H44N4O10. The molecule has 2 rings (SSSR count). The van der Waals surface area contributed by atoms with Crippen LogP contribution in [0.2, 0.25) is 0 Å². The molecule has 14 heteroatoms. The van der Waals surface area contributed by atoms with Crippen molar-refractivity contribution in [2.24, 2.45) is 15.4 Å². The van der Waals surface area contributed by atoms with Crippen molar-refractivity contribution >= 4 is 59.0 Å². The molecule has 0 bridgehead atoms. The van der Waals surface area contributed by atoms with E-state index in [1.165, 1.54) is 24.3 Å². The summed E-state index contributed by atoms with van der Waals surface area (Å²) in [4.78, 5) is 79.8. The van der Waals surface area contributed by atoms with E-state index in [4.69, 9.17) is 18.9 Å². The largest absolute Gasteiger partial charge is 0.465 e. The number of rotatable bonds is 20. The second kappa shape index (κ2) is 21.5. The van der Waals surface area contributed by atoms with Crippen LogP contribution in [0.25, 0.3) is 0 Å². The molecule has 2 amide bonds. The van der Waals surface area contributed by atoms with Crippen molar-refractivity contribution in [2.75, 3.05) is 37.1 Å². The van der Waals surface area contributed by atoms with Crippen LogP contribution in [0.5, 0.6) is 0 Å². The Morgan fingerprint density at radius 1 is 0.673 bits per heavy atom. The van der Waals surface area contributed by atoms with Crippen molar-refractivity contribution in [1.82, 2.24) is 0 Å². The first-order valence-corrected chi connectivity index (χ1v) is 16.1. The zero-order valence-electron chi connectivity index (χ0n) is 28.4. The minimum absolute atomic E-state index is 0.140. The average Bonchev–Trinajstić information content (AvgIpc) is 3.07. The molecule has 0 unspecified atom stereocenters. The first-order valence-electron chi connectivity index (χ1n) is 16.1. The van der Waals surface area contributed by atoms with Crippen molar-refractivity contribution in [3.05, 3.63) is 47.5 Å². The maximum absolute atomic E-state index is 13.0. The van der Waals surface area contributed by atoms with Crippen molar-refractivity contribution in [3.63, 3.8) is 0 Å². The van der Waals surface area contributed by atoms with Crippen LogP contribution in [-0.4, -0.2) is 62.7 Å². The average molecular weight is 681 g/mol. The number of isocyanates is 2. The number of ether oxygens (including phenoxy) is 4. The normalized spacial score (nSPS) is 10.5. The lowest BCUT2D eigenvalue weighted by molar-refractivity contribution is -0.159. The first kappa shape index (κ1) is 39.9. The molecule has 264 valence electrons. The van der Waals surface area contributed by atoms with Gasteiger partial charge in [-0.25, -0.2) is 19.2 Å². The number of amides is 2. The van der Waals surface area contributed by atoms with Gasteiger partial charge in [0.25, 0.3) is 0 Å². The minimum atomic E-state index is -1.51. The van der Waals surface area contributed by atoms with Gasteiger partial charge >= 0.3 is 24.1 Å². The highest BCUT2D eigenvalue weighted by Crippen LogP contribution is 2.26. The Balaban J connectivity index is 2.31. The predicted molar refractivity (Wildman–Crippen MR) is 180 cm³/mol. The fourth-order valence-corrected chi connectivity index (χ4v) is 4.36. The summed E-state index contributed by atoms with van der Waals surface area (Å²) in [7, 11) is 0. The molecular weight excluding hydrogens is 636 g/mol. The number of benzene rings is 2. The molecule has 0 heterocycles. The smallest absolute Gasteiger partial charge is 0.411 e. The third-order valence-electron chi connectivity index (χ3n) is 7.32. The maximum atomic E-state index is 13.0. The monoisotopic (exact) mass is 680 g/mol. The topological polar surface area (TPSA) is 188 Å². The van der Waals surface area contributed by atoms with E-state index < -0.39 is 56.0 Å². The van der Waals surface area contributed by atoms with Crippen LogP contribution in [0.15, 0.2) is 46.4 Å². The van der Waals surface area contributed by atoms with Crippen molar-refractivity contribution in [3.8, 4) is 0 Å². The first-order chi connectivity index (χ1) is 23.5. The SMILES string of the molecule is CCCCCC(=O)OCC(COC(=O)CCCCC)(COC(=O)Nc1ccc(C)c(N=C=O)c1)COC(=O)Nc1cc(N=C=O)ccc1C. The molecule has 2 aromatic rings. The van der Waals surface area contributed by atoms with Gasteiger partial charge in [-0.15, -0.1) is 0 Å². The zero-order valence-corrected chi connectivity index (χ0v) is 28.4. The molecule has 0 saturated heterocycles. The fourth-order valence-electron chi connectivity index (χ4n) is 4.36. The summed E-state index contributed by atoms with van der Waals surface area (Å²) in [6.07, 6.45) is 5.96. The Morgan fingerprint density at radius 2 is 1.20 bits per heavy atom. The Bertz CT molecular complexity index is 1500. The van der Waals surface area contributed by atoms with Crippen molar-refractivity contribution in [2.45, 2.75) is 79.1 Å². The second-order valence-electron chi connectivity index (χ2n) is 11.5. The number of nitrogens with zero attached hydrogens (tertiary/aromatic N) is 2. The van der Waals surface area contributed by atoms with E-state index in [0.29, 0.717) is 35.3 Å². The highest BCUT2D eigenvalue weighted by atomic mass is 16.6. The van der Waals surface area contributed by atoms with Crippen molar-refractivity contribution < 1.29 is 47.7 Å². The molecule has 2 aromatic carbocycles. The van der Waals surface area contributed by atoms with E-state index >= 15 is 0 Å². The molecule has 14 nitrogen and oxygen atoms in total. The summed E-state index contributed by atoms with van der Waals surface area (Å²) in [5, 5.41) is 5.11. The quantitative estimate of drug-likeness (QED) is 0.0473. The van der Waals surface area contributed by atoms with Gasteiger partial charge in [-0.2, -0.15) is 9.98 Å². The molecule has 0 spiro atoms. The minimum Gasteiger partial charge on any atom is -0.465 e. The number of unbranched alkanes of at least 4 members (excludes halogenated alkanes) is 4. The number of carbonyl (C=O) groups is 4. The molecule has 0 aliphatic rings. The fraction of sp³-hybridized carbons (Fsp3) is 0.486. The number of hydrogen-bond acceptors (Lipinski definition) is 12. The van der Waals surface area contributed by atoms with Crippen LogP contribution < -0.4 is 10.6 Å². The number of carbonyl (C=O) groups excluding carboxylic acids is 6. The van der Waals surface area contributed by atoms with Crippen LogP contribution in [0.3, 0.4) is 0 Å². The lowest BCUT2D eigenvalue weighted by atomic mass is 9.92. The van der Waals surface area contributed by atoms with Gasteiger partial charge in [0.15, 0.2) is 0 Å². The molecule has 0 saturated carbocycles. The van der Waals surface area contributed by atoms with Crippen LogP contribution in [0.4, 0.5) is 32.3 Å².